The predicted molar refractivity (Wildman–Crippen MR) is 83.5 cm³/mol. The van der Waals surface area contributed by atoms with E-state index in [2.05, 4.69) is 39.6 Å². The summed E-state index contributed by atoms with van der Waals surface area (Å²) in [7, 11) is 4.10. The third-order valence-corrected chi connectivity index (χ3v) is 2.75. The SMILES string of the molecule is Cc1nc(NCCN(C)C)cc(Nc2ccccc2)n1. The third kappa shape index (κ3) is 4.51. The van der Waals surface area contributed by atoms with Crippen LogP contribution in [0.2, 0.25) is 0 Å². The Morgan fingerprint density at radius 2 is 1.75 bits per heavy atom. The van der Waals surface area contributed by atoms with E-state index in [0.717, 1.165) is 36.2 Å². The van der Waals surface area contributed by atoms with Gasteiger partial charge in [-0.25, -0.2) is 9.97 Å². The van der Waals surface area contributed by atoms with Crippen LogP contribution in [-0.4, -0.2) is 42.1 Å². The lowest BCUT2D eigenvalue weighted by Gasteiger charge is -2.12. The molecule has 5 heteroatoms. The highest BCUT2D eigenvalue weighted by Crippen LogP contribution is 2.16. The second-order valence-corrected chi connectivity index (χ2v) is 4.91. The quantitative estimate of drug-likeness (QED) is 0.845. The number of nitrogens with one attached hydrogen (secondary N) is 2. The van der Waals surface area contributed by atoms with Crippen molar-refractivity contribution in [1.29, 1.82) is 0 Å². The van der Waals surface area contributed by atoms with E-state index >= 15 is 0 Å². The van der Waals surface area contributed by atoms with E-state index < -0.39 is 0 Å². The Balaban J connectivity index is 2.04. The topological polar surface area (TPSA) is 53.1 Å². The van der Waals surface area contributed by atoms with Crippen molar-refractivity contribution in [1.82, 2.24) is 14.9 Å². The van der Waals surface area contributed by atoms with Crippen LogP contribution in [0.5, 0.6) is 0 Å². The van der Waals surface area contributed by atoms with Gasteiger partial charge in [-0.1, -0.05) is 18.2 Å². The van der Waals surface area contributed by atoms with E-state index in [1.807, 2.05) is 43.3 Å². The van der Waals surface area contributed by atoms with Crippen LogP contribution >= 0.6 is 0 Å². The van der Waals surface area contributed by atoms with Gasteiger partial charge in [-0.05, 0) is 33.2 Å². The summed E-state index contributed by atoms with van der Waals surface area (Å²) in [5, 5.41) is 6.59. The fourth-order valence-electron chi connectivity index (χ4n) is 1.80. The van der Waals surface area contributed by atoms with Gasteiger partial charge in [0, 0.05) is 24.8 Å². The fraction of sp³-hybridized carbons (Fsp3) is 0.333. The number of para-hydroxylation sites is 1. The molecule has 0 amide bonds. The van der Waals surface area contributed by atoms with Crippen molar-refractivity contribution in [3.63, 3.8) is 0 Å². The molecule has 0 unspecified atom stereocenters. The van der Waals surface area contributed by atoms with Crippen molar-refractivity contribution >= 4 is 17.3 Å². The smallest absolute Gasteiger partial charge is 0.136 e. The highest BCUT2D eigenvalue weighted by Gasteiger charge is 2.02. The Labute approximate surface area is 120 Å². The molecule has 0 aliphatic heterocycles. The normalized spacial score (nSPS) is 10.6. The average molecular weight is 271 g/mol. The Hall–Kier alpha value is -2.14. The Morgan fingerprint density at radius 3 is 2.45 bits per heavy atom. The van der Waals surface area contributed by atoms with E-state index in [9.17, 15) is 0 Å². The average Bonchev–Trinajstić information content (AvgIpc) is 2.38. The Morgan fingerprint density at radius 1 is 1.05 bits per heavy atom. The van der Waals surface area contributed by atoms with Gasteiger partial charge in [0.2, 0.25) is 0 Å². The zero-order chi connectivity index (χ0) is 14.4. The van der Waals surface area contributed by atoms with Crippen molar-refractivity contribution in [2.75, 3.05) is 37.8 Å². The van der Waals surface area contributed by atoms with E-state index in [1.54, 1.807) is 0 Å². The number of nitrogens with zero attached hydrogens (tertiary/aromatic N) is 3. The molecule has 0 fully saturated rings. The third-order valence-electron chi connectivity index (χ3n) is 2.75. The van der Waals surface area contributed by atoms with E-state index in [4.69, 9.17) is 0 Å². The number of hydrogen-bond acceptors (Lipinski definition) is 5. The van der Waals surface area contributed by atoms with Crippen LogP contribution in [0.25, 0.3) is 0 Å². The van der Waals surface area contributed by atoms with Gasteiger partial charge in [0.1, 0.15) is 17.5 Å². The monoisotopic (exact) mass is 271 g/mol. The Kier molecular flexibility index (Phi) is 4.90. The van der Waals surface area contributed by atoms with Crippen molar-refractivity contribution in [3.8, 4) is 0 Å². The maximum Gasteiger partial charge on any atom is 0.136 e. The molecule has 2 aromatic rings. The second kappa shape index (κ2) is 6.86. The number of rotatable bonds is 6. The van der Waals surface area contributed by atoms with E-state index in [0.29, 0.717) is 0 Å². The van der Waals surface area contributed by atoms with Crippen LogP contribution in [0.4, 0.5) is 17.3 Å². The number of hydrogen-bond donors (Lipinski definition) is 2. The maximum atomic E-state index is 4.40. The van der Waals surface area contributed by atoms with Gasteiger partial charge < -0.3 is 15.5 Å². The lowest BCUT2D eigenvalue weighted by Crippen LogP contribution is -2.21. The number of anilines is 3. The first-order valence-electron chi connectivity index (χ1n) is 6.70. The molecule has 106 valence electrons. The Bertz CT molecular complexity index is 539. The molecule has 0 saturated carbocycles. The van der Waals surface area contributed by atoms with Gasteiger partial charge in [0.25, 0.3) is 0 Å². The molecule has 2 N–H and O–H groups in total. The fourth-order valence-corrected chi connectivity index (χ4v) is 1.80. The minimum atomic E-state index is 0.748. The molecular weight excluding hydrogens is 250 g/mol. The molecule has 0 saturated heterocycles. The summed E-state index contributed by atoms with van der Waals surface area (Å²) >= 11 is 0. The van der Waals surface area contributed by atoms with Gasteiger partial charge in [0.05, 0.1) is 0 Å². The van der Waals surface area contributed by atoms with Crippen LogP contribution < -0.4 is 10.6 Å². The molecule has 2 rings (SSSR count). The first-order valence-corrected chi connectivity index (χ1v) is 6.70. The number of benzene rings is 1. The highest BCUT2D eigenvalue weighted by molar-refractivity contribution is 5.58. The summed E-state index contributed by atoms with van der Waals surface area (Å²) in [6, 6.07) is 11.9. The standard InChI is InChI=1S/C15H21N5/c1-12-17-14(16-9-10-20(2)3)11-15(18-12)19-13-7-5-4-6-8-13/h4-8,11H,9-10H2,1-3H3,(H2,16,17,18,19). The molecule has 0 bridgehead atoms. The number of likely N-dealkylation sites (N-methyl/N-ethyl adjacent to an activating group) is 1. The van der Waals surface area contributed by atoms with Gasteiger partial charge in [0.15, 0.2) is 0 Å². The molecule has 0 radical (unpaired) electrons. The van der Waals surface area contributed by atoms with Crippen molar-refractivity contribution in [3.05, 3.63) is 42.2 Å². The summed E-state index contributed by atoms with van der Waals surface area (Å²) in [5.74, 6) is 2.40. The van der Waals surface area contributed by atoms with Crippen LogP contribution in [-0.2, 0) is 0 Å². The molecule has 1 aromatic carbocycles. The summed E-state index contributed by atoms with van der Waals surface area (Å²) < 4.78 is 0. The molecule has 0 aliphatic rings. The first kappa shape index (κ1) is 14.3. The van der Waals surface area contributed by atoms with Crippen molar-refractivity contribution in [2.24, 2.45) is 0 Å². The van der Waals surface area contributed by atoms with Crippen molar-refractivity contribution in [2.45, 2.75) is 6.92 Å². The number of aromatic nitrogens is 2. The highest BCUT2D eigenvalue weighted by atomic mass is 15.1. The number of aryl methyl sites for hydroxylation is 1. The molecule has 5 nitrogen and oxygen atoms in total. The minimum absolute atomic E-state index is 0.748. The van der Waals surface area contributed by atoms with Gasteiger partial charge >= 0.3 is 0 Å². The summed E-state index contributed by atoms with van der Waals surface area (Å²) in [6.07, 6.45) is 0. The largest absolute Gasteiger partial charge is 0.369 e. The maximum absolute atomic E-state index is 4.40. The molecule has 1 heterocycles. The molecule has 1 aromatic heterocycles. The minimum Gasteiger partial charge on any atom is -0.369 e. The lowest BCUT2D eigenvalue weighted by molar-refractivity contribution is 0.425. The van der Waals surface area contributed by atoms with Gasteiger partial charge in [-0.2, -0.15) is 0 Å². The van der Waals surface area contributed by atoms with E-state index in [1.165, 1.54) is 0 Å². The summed E-state index contributed by atoms with van der Waals surface area (Å²) in [4.78, 5) is 10.9. The van der Waals surface area contributed by atoms with Crippen LogP contribution in [0.3, 0.4) is 0 Å². The summed E-state index contributed by atoms with van der Waals surface area (Å²) in [6.45, 7) is 3.71. The first-order chi connectivity index (χ1) is 9.63. The van der Waals surface area contributed by atoms with Crippen LogP contribution in [0.15, 0.2) is 36.4 Å². The zero-order valence-electron chi connectivity index (χ0n) is 12.2. The van der Waals surface area contributed by atoms with Gasteiger partial charge in [-0.15, -0.1) is 0 Å². The molecule has 20 heavy (non-hydrogen) atoms. The molecular formula is C15H21N5. The van der Waals surface area contributed by atoms with E-state index in [-0.39, 0.29) is 0 Å². The van der Waals surface area contributed by atoms with Crippen LogP contribution in [0, 0.1) is 6.92 Å². The predicted octanol–water partition coefficient (Wildman–Crippen LogP) is 2.50. The van der Waals surface area contributed by atoms with Gasteiger partial charge in [-0.3, -0.25) is 0 Å². The lowest BCUT2D eigenvalue weighted by atomic mass is 10.3. The van der Waals surface area contributed by atoms with Crippen LogP contribution in [0.1, 0.15) is 5.82 Å². The van der Waals surface area contributed by atoms with Crippen molar-refractivity contribution < 1.29 is 0 Å². The molecule has 0 spiro atoms. The molecule has 0 atom stereocenters. The second-order valence-electron chi connectivity index (χ2n) is 4.91. The zero-order valence-corrected chi connectivity index (χ0v) is 12.2. The summed E-state index contributed by atoms with van der Waals surface area (Å²) in [5.41, 5.74) is 1.02. The molecule has 0 aliphatic carbocycles.